The molecule has 0 amide bonds. The van der Waals surface area contributed by atoms with Gasteiger partial charge in [-0.3, -0.25) is 0 Å². The maximum atomic E-state index is 3.53. The maximum Gasteiger partial charge on any atom is 0.0107 e. The molecule has 84 valence electrons. The number of nitrogens with one attached hydrogen (secondary N) is 1. The van der Waals surface area contributed by atoms with Crippen LogP contribution in [0.3, 0.4) is 0 Å². The van der Waals surface area contributed by atoms with Crippen molar-refractivity contribution in [3.8, 4) is 0 Å². The zero-order chi connectivity index (χ0) is 11.1. The molecule has 0 radical (unpaired) electrons. The SMILES string of the molecule is CCCC(c1ccccc1)C(C)NCC. The minimum atomic E-state index is 0.567. The predicted molar refractivity (Wildman–Crippen MR) is 67.2 cm³/mol. The van der Waals surface area contributed by atoms with E-state index < -0.39 is 0 Å². The van der Waals surface area contributed by atoms with Crippen molar-refractivity contribution in [3.63, 3.8) is 0 Å². The molecule has 0 heterocycles. The summed E-state index contributed by atoms with van der Waals surface area (Å²) in [5.74, 6) is 0.649. The molecule has 0 fully saturated rings. The summed E-state index contributed by atoms with van der Waals surface area (Å²) >= 11 is 0. The van der Waals surface area contributed by atoms with Crippen LogP contribution in [0.2, 0.25) is 0 Å². The first-order valence-corrected chi connectivity index (χ1v) is 6.07. The fraction of sp³-hybridized carbons (Fsp3) is 0.571. The summed E-state index contributed by atoms with van der Waals surface area (Å²) in [6.07, 6.45) is 2.51. The molecule has 0 spiro atoms. The van der Waals surface area contributed by atoms with Crippen LogP contribution in [0, 0.1) is 0 Å². The Balaban J connectivity index is 2.73. The summed E-state index contributed by atoms with van der Waals surface area (Å²) < 4.78 is 0. The molecule has 0 aromatic heterocycles. The van der Waals surface area contributed by atoms with Crippen molar-refractivity contribution >= 4 is 0 Å². The van der Waals surface area contributed by atoms with Crippen LogP contribution in [0.15, 0.2) is 30.3 Å². The fourth-order valence-electron chi connectivity index (χ4n) is 2.18. The van der Waals surface area contributed by atoms with Gasteiger partial charge in [0.2, 0.25) is 0 Å². The van der Waals surface area contributed by atoms with E-state index in [0.29, 0.717) is 12.0 Å². The van der Waals surface area contributed by atoms with Crippen molar-refractivity contribution in [1.29, 1.82) is 0 Å². The standard InChI is InChI=1S/C14H23N/c1-4-9-14(12(3)15-5-2)13-10-7-6-8-11-13/h6-8,10-12,14-15H,4-5,9H2,1-3H3. The minimum absolute atomic E-state index is 0.567. The Bertz CT molecular complexity index is 255. The van der Waals surface area contributed by atoms with Crippen LogP contribution in [-0.2, 0) is 0 Å². The van der Waals surface area contributed by atoms with E-state index in [4.69, 9.17) is 0 Å². The second kappa shape index (κ2) is 6.62. The highest BCUT2D eigenvalue weighted by Gasteiger charge is 2.16. The Kier molecular flexibility index (Phi) is 5.41. The molecule has 0 saturated heterocycles. The normalized spacial score (nSPS) is 14.9. The third kappa shape index (κ3) is 3.67. The topological polar surface area (TPSA) is 12.0 Å². The summed E-state index contributed by atoms with van der Waals surface area (Å²) in [5.41, 5.74) is 1.47. The van der Waals surface area contributed by atoms with Crippen molar-refractivity contribution in [2.24, 2.45) is 0 Å². The largest absolute Gasteiger partial charge is 0.314 e. The highest BCUT2D eigenvalue weighted by molar-refractivity contribution is 5.21. The third-order valence-electron chi connectivity index (χ3n) is 2.96. The van der Waals surface area contributed by atoms with Gasteiger partial charge in [-0.2, -0.15) is 0 Å². The summed E-state index contributed by atoms with van der Waals surface area (Å²) in [7, 11) is 0. The monoisotopic (exact) mass is 205 g/mol. The Labute approximate surface area is 93.9 Å². The molecule has 2 unspecified atom stereocenters. The van der Waals surface area contributed by atoms with E-state index in [1.165, 1.54) is 18.4 Å². The van der Waals surface area contributed by atoms with E-state index >= 15 is 0 Å². The average molecular weight is 205 g/mol. The fourth-order valence-corrected chi connectivity index (χ4v) is 2.18. The number of hydrogen-bond donors (Lipinski definition) is 1. The second-order valence-corrected chi connectivity index (χ2v) is 4.15. The second-order valence-electron chi connectivity index (χ2n) is 4.15. The molecular formula is C14H23N. The van der Waals surface area contributed by atoms with E-state index in [-0.39, 0.29) is 0 Å². The molecule has 1 aromatic carbocycles. The van der Waals surface area contributed by atoms with E-state index in [9.17, 15) is 0 Å². The predicted octanol–water partition coefficient (Wildman–Crippen LogP) is 3.57. The molecule has 1 rings (SSSR count). The molecule has 0 aliphatic carbocycles. The van der Waals surface area contributed by atoms with Crippen molar-refractivity contribution in [3.05, 3.63) is 35.9 Å². The molecule has 1 N–H and O–H groups in total. The van der Waals surface area contributed by atoms with Crippen LogP contribution in [0.25, 0.3) is 0 Å². The van der Waals surface area contributed by atoms with Gasteiger partial charge < -0.3 is 5.32 Å². The summed E-state index contributed by atoms with van der Waals surface area (Å²) in [6, 6.07) is 11.4. The van der Waals surface area contributed by atoms with Crippen molar-refractivity contribution in [2.75, 3.05) is 6.54 Å². The summed E-state index contributed by atoms with van der Waals surface area (Å²) in [6.45, 7) is 7.77. The number of likely N-dealkylation sites (N-methyl/N-ethyl adjacent to an activating group) is 1. The molecule has 0 saturated carbocycles. The van der Waals surface area contributed by atoms with Crippen LogP contribution in [0.5, 0.6) is 0 Å². The lowest BCUT2D eigenvalue weighted by atomic mass is 9.88. The smallest absolute Gasteiger partial charge is 0.0107 e. The van der Waals surface area contributed by atoms with Gasteiger partial charge in [0.15, 0.2) is 0 Å². The zero-order valence-corrected chi connectivity index (χ0v) is 10.2. The molecule has 15 heavy (non-hydrogen) atoms. The van der Waals surface area contributed by atoms with Gasteiger partial charge in [-0.1, -0.05) is 50.6 Å². The first kappa shape index (κ1) is 12.3. The van der Waals surface area contributed by atoms with Gasteiger partial charge in [0.05, 0.1) is 0 Å². The number of rotatable bonds is 6. The average Bonchev–Trinajstić information content (AvgIpc) is 2.27. The highest BCUT2D eigenvalue weighted by atomic mass is 14.9. The van der Waals surface area contributed by atoms with Crippen LogP contribution >= 0.6 is 0 Å². The Hall–Kier alpha value is -0.820. The van der Waals surface area contributed by atoms with Gasteiger partial charge >= 0.3 is 0 Å². The van der Waals surface area contributed by atoms with Crippen molar-refractivity contribution < 1.29 is 0 Å². The highest BCUT2D eigenvalue weighted by Crippen LogP contribution is 2.24. The van der Waals surface area contributed by atoms with E-state index in [0.717, 1.165) is 6.54 Å². The van der Waals surface area contributed by atoms with E-state index in [1.54, 1.807) is 0 Å². The first-order valence-electron chi connectivity index (χ1n) is 6.07. The molecule has 0 bridgehead atoms. The minimum Gasteiger partial charge on any atom is -0.314 e. The van der Waals surface area contributed by atoms with E-state index in [1.807, 2.05) is 0 Å². The quantitative estimate of drug-likeness (QED) is 0.748. The van der Waals surface area contributed by atoms with Gasteiger partial charge in [0, 0.05) is 6.04 Å². The third-order valence-corrected chi connectivity index (χ3v) is 2.96. The molecular weight excluding hydrogens is 182 g/mol. The first-order chi connectivity index (χ1) is 7.29. The molecule has 0 aliphatic heterocycles. The molecule has 1 aromatic rings. The van der Waals surface area contributed by atoms with Crippen LogP contribution in [0.4, 0.5) is 0 Å². The number of hydrogen-bond acceptors (Lipinski definition) is 1. The molecule has 1 nitrogen and oxygen atoms in total. The van der Waals surface area contributed by atoms with Crippen molar-refractivity contribution in [2.45, 2.75) is 45.6 Å². The summed E-state index contributed by atoms with van der Waals surface area (Å²) in [5, 5.41) is 3.53. The van der Waals surface area contributed by atoms with Crippen LogP contribution < -0.4 is 5.32 Å². The van der Waals surface area contributed by atoms with Gasteiger partial charge in [0.1, 0.15) is 0 Å². The lowest BCUT2D eigenvalue weighted by Gasteiger charge is -2.24. The lowest BCUT2D eigenvalue weighted by Crippen LogP contribution is -2.31. The van der Waals surface area contributed by atoms with Crippen LogP contribution in [0.1, 0.15) is 45.1 Å². The van der Waals surface area contributed by atoms with Gasteiger partial charge in [-0.15, -0.1) is 0 Å². The molecule has 2 atom stereocenters. The van der Waals surface area contributed by atoms with Crippen molar-refractivity contribution in [1.82, 2.24) is 5.32 Å². The number of benzene rings is 1. The van der Waals surface area contributed by atoms with E-state index in [2.05, 4.69) is 56.4 Å². The Morgan fingerprint density at radius 1 is 1.13 bits per heavy atom. The zero-order valence-electron chi connectivity index (χ0n) is 10.2. The summed E-state index contributed by atoms with van der Waals surface area (Å²) in [4.78, 5) is 0. The Morgan fingerprint density at radius 3 is 2.33 bits per heavy atom. The Morgan fingerprint density at radius 2 is 1.80 bits per heavy atom. The maximum absolute atomic E-state index is 3.53. The molecule has 0 aliphatic rings. The van der Waals surface area contributed by atoms with Crippen LogP contribution in [-0.4, -0.2) is 12.6 Å². The lowest BCUT2D eigenvalue weighted by molar-refractivity contribution is 0.444. The van der Waals surface area contributed by atoms with Gasteiger partial charge in [-0.05, 0) is 31.4 Å². The van der Waals surface area contributed by atoms with Gasteiger partial charge in [0.25, 0.3) is 0 Å². The van der Waals surface area contributed by atoms with Gasteiger partial charge in [-0.25, -0.2) is 0 Å². The molecule has 1 heteroatoms.